The molecule has 0 saturated heterocycles. The summed E-state index contributed by atoms with van der Waals surface area (Å²) in [5.41, 5.74) is 2.34. The van der Waals surface area contributed by atoms with Crippen molar-refractivity contribution in [2.45, 2.75) is 45.6 Å². The molecule has 0 spiro atoms. The van der Waals surface area contributed by atoms with Crippen LogP contribution in [0, 0.1) is 0 Å². The number of hydrogen-bond acceptors (Lipinski definition) is 4. The number of nitrogens with zero attached hydrogens (tertiary/aromatic N) is 3. The largest absolute Gasteiger partial charge is 0.445 e. The van der Waals surface area contributed by atoms with Crippen LogP contribution in [0.5, 0.6) is 0 Å². The lowest BCUT2D eigenvalue weighted by Gasteiger charge is -2.20. The average Bonchev–Trinajstić information content (AvgIpc) is 2.99. The molecular formula is C20H27N3O2. The smallest absolute Gasteiger partial charge is 0.223 e. The van der Waals surface area contributed by atoms with E-state index in [1.165, 1.54) is 11.3 Å². The van der Waals surface area contributed by atoms with Crippen molar-refractivity contribution < 1.29 is 9.21 Å². The molecular weight excluding hydrogens is 314 g/mol. The summed E-state index contributed by atoms with van der Waals surface area (Å²) in [5, 5.41) is 0. The Morgan fingerprint density at radius 2 is 2.00 bits per heavy atom. The van der Waals surface area contributed by atoms with E-state index in [9.17, 15) is 4.79 Å². The van der Waals surface area contributed by atoms with Crippen molar-refractivity contribution >= 4 is 11.6 Å². The lowest BCUT2D eigenvalue weighted by atomic mass is 9.94. The maximum atomic E-state index is 12.7. The Morgan fingerprint density at radius 1 is 1.24 bits per heavy atom. The lowest BCUT2D eigenvalue weighted by Crippen LogP contribution is -2.34. The van der Waals surface area contributed by atoms with E-state index in [4.69, 9.17) is 4.42 Å². The Balaban J connectivity index is 1.63. The summed E-state index contributed by atoms with van der Waals surface area (Å²) in [5.74, 6) is 1.66. The van der Waals surface area contributed by atoms with Crippen molar-refractivity contribution in [2.24, 2.45) is 0 Å². The monoisotopic (exact) mass is 341 g/mol. The Labute approximate surface area is 149 Å². The molecule has 2 aromatic rings. The molecule has 0 aliphatic carbocycles. The van der Waals surface area contributed by atoms with Gasteiger partial charge in [0, 0.05) is 50.6 Å². The van der Waals surface area contributed by atoms with Crippen molar-refractivity contribution in [3.05, 3.63) is 47.7 Å². The molecule has 0 radical (unpaired) electrons. The summed E-state index contributed by atoms with van der Waals surface area (Å²) >= 11 is 0. The highest BCUT2D eigenvalue weighted by Gasteiger charge is 2.22. The van der Waals surface area contributed by atoms with Gasteiger partial charge in [0.2, 0.25) is 5.91 Å². The molecule has 0 bridgehead atoms. The van der Waals surface area contributed by atoms with E-state index in [1.807, 2.05) is 17.0 Å². The standard InChI is InChI=1S/C20H27N3O2/c1-20(2,3)17-13-21-18(25-17)9-10-19(24)23-12-11-22(4)16-8-6-5-7-15(16)14-23/h5-8,13H,9-12,14H2,1-4H3. The molecule has 134 valence electrons. The Morgan fingerprint density at radius 3 is 2.72 bits per heavy atom. The third-order valence-corrected chi connectivity index (χ3v) is 4.67. The van der Waals surface area contributed by atoms with Crippen LogP contribution in [0.1, 0.15) is 44.4 Å². The lowest BCUT2D eigenvalue weighted by molar-refractivity contribution is -0.131. The SMILES string of the molecule is CN1CCN(C(=O)CCc2ncc(C(C)(C)C)o2)Cc2ccccc21. The molecule has 25 heavy (non-hydrogen) atoms. The van der Waals surface area contributed by atoms with Crippen LogP contribution in [0.25, 0.3) is 0 Å². The molecule has 5 nitrogen and oxygen atoms in total. The molecule has 1 aliphatic rings. The Bertz CT molecular complexity index is 745. The third kappa shape index (κ3) is 4.03. The van der Waals surface area contributed by atoms with Gasteiger partial charge in [-0.05, 0) is 11.6 Å². The van der Waals surface area contributed by atoms with Gasteiger partial charge in [0.05, 0.1) is 6.20 Å². The first-order chi connectivity index (χ1) is 11.8. The fraction of sp³-hybridized carbons (Fsp3) is 0.500. The summed E-state index contributed by atoms with van der Waals surface area (Å²) in [6.45, 7) is 8.52. The number of hydrogen-bond donors (Lipinski definition) is 0. The van der Waals surface area contributed by atoms with E-state index >= 15 is 0 Å². The van der Waals surface area contributed by atoms with Gasteiger partial charge in [-0.15, -0.1) is 0 Å². The molecule has 0 saturated carbocycles. The van der Waals surface area contributed by atoms with Crippen molar-refractivity contribution in [1.29, 1.82) is 0 Å². The second-order valence-electron chi connectivity index (χ2n) is 7.73. The second kappa shape index (κ2) is 6.90. The highest BCUT2D eigenvalue weighted by atomic mass is 16.4. The second-order valence-corrected chi connectivity index (χ2v) is 7.73. The average molecular weight is 341 g/mol. The summed E-state index contributed by atoms with van der Waals surface area (Å²) < 4.78 is 5.79. The van der Waals surface area contributed by atoms with Gasteiger partial charge in [-0.2, -0.15) is 0 Å². The van der Waals surface area contributed by atoms with E-state index in [-0.39, 0.29) is 11.3 Å². The minimum atomic E-state index is -0.0612. The van der Waals surface area contributed by atoms with E-state index in [1.54, 1.807) is 6.20 Å². The van der Waals surface area contributed by atoms with Gasteiger partial charge in [-0.25, -0.2) is 4.98 Å². The number of oxazole rings is 1. The zero-order chi connectivity index (χ0) is 18.0. The molecule has 5 heteroatoms. The van der Waals surface area contributed by atoms with E-state index in [0.29, 0.717) is 25.3 Å². The van der Waals surface area contributed by atoms with Gasteiger partial charge in [0.1, 0.15) is 5.76 Å². The summed E-state index contributed by atoms with van der Waals surface area (Å²) in [6.07, 6.45) is 2.75. The van der Waals surface area contributed by atoms with Gasteiger partial charge in [-0.3, -0.25) is 4.79 Å². The number of amides is 1. The Kier molecular flexibility index (Phi) is 4.84. The number of aromatic nitrogens is 1. The highest BCUT2D eigenvalue weighted by Crippen LogP contribution is 2.25. The molecule has 1 aromatic heterocycles. The fourth-order valence-electron chi connectivity index (χ4n) is 3.05. The topological polar surface area (TPSA) is 49.6 Å². The van der Waals surface area contributed by atoms with Crippen LogP contribution < -0.4 is 4.90 Å². The number of anilines is 1. The van der Waals surface area contributed by atoms with Crippen LogP contribution in [0.4, 0.5) is 5.69 Å². The van der Waals surface area contributed by atoms with Crippen molar-refractivity contribution in [3.8, 4) is 0 Å². The predicted molar refractivity (Wildman–Crippen MR) is 98.7 cm³/mol. The summed E-state index contributed by atoms with van der Waals surface area (Å²) in [4.78, 5) is 21.2. The first kappa shape index (κ1) is 17.5. The molecule has 2 heterocycles. The van der Waals surface area contributed by atoms with E-state index < -0.39 is 0 Å². The molecule has 1 aromatic carbocycles. The number of carbonyl (C=O) groups excluding carboxylic acids is 1. The molecule has 3 rings (SSSR count). The van der Waals surface area contributed by atoms with Crippen molar-refractivity contribution in [1.82, 2.24) is 9.88 Å². The number of aryl methyl sites for hydroxylation is 1. The van der Waals surface area contributed by atoms with Gasteiger partial charge < -0.3 is 14.2 Å². The molecule has 1 aliphatic heterocycles. The predicted octanol–water partition coefficient (Wildman–Crippen LogP) is 3.38. The molecule has 1 amide bonds. The molecule has 0 atom stereocenters. The minimum absolute atomic E-state index is 0.0612. The number of benzene rings is 1. The van der Waals surface area contributed by atoms with Crippen LogP contribution in [0.2, 0.25) is 0 Å². The third-order valence-electron chi connectivity index (χ3n) is 4.67. The number of para-hydroxylation sites is 1. The molecule has 0 unspecified atom stereocenters. The van der Waals surface area contributed by atoms with Gasteiger partial charge in [0.25, 0.3) is 0 Å². The van der Waals surface area contributed by atoms with Crippen molar-refractivity contribution in [2.75, 3.05) is 25.0 Å². The van der Waals surface area contributed by atoms with Crippen LogP contribution >= 0.6 is 0 Å². The molecule has 0 fully saturated rings. The number of fused-ring (bicyclic) bond motifs is 1. The quantitative estimate of drug-likeness (QED) is 0.859. The van der Waals surface area contributed by atoms with Gasteiger partial charge in [-0.1, -0.05) is 39.0 Å². The highest BCUT2D eigenvalue weighted by molar-refractivity contribution is 5.77. The maximum Gasteiger partial charge on any atom is 0.223 e. The fourth-order valence-corrected chi connectivity index (χ4v) is 3.05. The van der Waals surface area contributed by atoms with Gasteiger partial charge >= 0.3 is 0 Å². The molecule has 0 N–H and O–H groups in total. The van der Waals surface area contributed by atoms with Crippen LogP contribution in [0.3, 0.4) is 0 Å². The zero-order valence-electron chi connectivity index (χ0n) is 15.6. The van der Waals surface area contributed by atoms with Crippen LogP contribution in [0.15, 0.2) is 34.9 Å². The minimum Gasteiger partial charge on any atom is -0.445 e. The number of likely N-dealkylation sites (N-methyl/N-ethyl adjacent to an activating group) is 1. The maximum absolute atomic E-state index is 12.7. The number of rotatable bonds is 3. The van der Waals surface area contributed by atoms with Gasteiger partial charge in [0.15, 0.2) is 5.89 Å². The van der Waals surface area contributed by atoms with E-state index in [0.717, 1.165) is 18.8 Å². The van der Waals surface area contributed by atoms with Crippen molar-refractivity contribution in [3.63, 3.8) is 0 Å². The zero-order valence-corrected chi connectivity index (χ0v) is 15.6. The Hall–Kier alpha value is -2.30. The number of carbonyl (C=O) groups is 1. The first-order valence-corrected chi connectivity index (χ1v) is 8.86. The summed E-state index contributed by atoms with van der Waals surface area (Å²) in [7, 11) is 2.08. The first-order valence-electron chi connectivity index (χ1n) is 8.86. The van der Waals surface area contributed by atoms with E-state index in [2.05, 4.69) is 49.8 Å². The van der Waals surface area contributed by atoms with Crippen LogP contribution in [-0.4, -0.2) is 35.9 Å². The summed E-state index contributed by atoms with van der Waals surface area (Å²) in [6, 6.07) is 8.29. The van der Waals surface area contributed by atoms with Crippen LogP contribution in [-0.2, 0) is 23.2 Å². The normalized spacial score (nSPS) is 15.0.